The van der Waals surface area contributed by atoms with Crippen molar-refractivity contribution in [3.05, 3.63) is 58.4 Å². The quantitative estimate of drug-likeness (QED) is 0.737. The molecule has 0 saturated carbocycles. The molecule has 0 aliphatic carbocycles. The molecular formula is C19H20ClN5O2. The highest BCUT2D eigenvalue weighted by Crippen LogP contribution is 2.27. The monoisotopic (exact) mass is 385 g/mol. The number of benzene rings is 1. The van der Waals surface area contributed by atoms with Gasteiger partial charge in [0.25, 0.3) is 5.56 Å². The lowest BCUT2D eigenvalue weighted by Crippen LogP contribution is -2.46. The molecule has 2 aromatic heterocycles. The van der Waals surface area contributed by atoms with Crippen molar-refractivity contribution in [1.29, 1.82) is 0 Å². The van der Waals surface area contributed by atoms with Gasteiger partial charge in [-0.25, -0.2) is 4.98 Å². The Kier molecular flexibility index (Phi) is 4.96. The van der Waals surface area contributed by atoms with Gasteiger partial charge < -0.3 is 14.9 Å². The largest absolute Gasteiger partial charge is 0.395 e. The molecule has 1 aliphatic rings. The molecule has 4 rings (SSSR count). The number of piperazine rings is 1. The van der Waals surface area contributed by atoms with Crippen LogP contribution in [-0.2, 0) is 6.54 Å². The van der Waals surface area contributed by atoms with Gasteiger partial charge >= 0.3 is 0 Å². The lowest BCUT2D eigenvalue weighted by molar-refractivity contribution is 0.274. The first-order chi connectivity index (χ1) is 13.2. The Hall–Kier alpha value is -2.64. The van der Waals surface area contributed by atoms with Crippen molar-refractivity contribution >= 4 is 33.9 Å². The minimum absolute atomic E-state index is 0.0864. The summed E-state index contributed by atoms with van der Waals surface area (Å²) in [6.07, 6.45) is 4.92. The third-order valence-electron chi connectivity index (χ3n) is 4.89. The zero-order valence-corrected chi connectivity index (χ0v) is 15.5. The van der Waals surface area contributed by atoms with Crippen LogP contribution < -0.4 is 15.4 Å². The van der Waals surface area contributed by atoms with E-state index in [1.54, 1.807) is 12.4 Å². The first kappa shape index (κ1) is 17.8. The van der Waals surface area contributed by atoms with Gasteiger partial charge in [0.2, 0.25) is 0 Å². The fraction of sp³-hybridized carbons (Fsp3) is 0.316. The highest BCUT2D eigenvalue weighted by atomic mass is 35.5. The van der Waals surface area contributed by atoms with Gasteiger partial charge in [0.15, 0.2) is 0 Å². The number of hydrogen-bond donors (Lipinski definition) is 1. The van der Waals surface area contributed by atoms with Crippen LogP contribution in [0.2, 0.25) is 5.02 Å². The Bertz CT molecular complexity index is 1010. The van der Waals surface area contributed by atoms with Crippen LogP contribution in [0.1, 0.15) is 0 Å². The molecule has 1 aliphatic heterocycles. The first-order valence-corrected chi connectivity index (χ1v) is 9.24. The summed E-state index contributed by atoms with van der Waals surface area (Å²) in [7, 11) is 0. The SMILES string of the molecule is O=c1c2ccc(N3CCN(c4ccncc4Cl)CC3)cc2ncn1CCO. The number of aliphatic hydroxyl groups is 1. The maximum Gasteiger partial charge on any atom is 0.261 e. The highest BCUT2D eigenvalue weighted by Gasteiger charge is 2.19. The average Bonchev–Trinajstić information content (AvgIpc) is 2.70. The van der Waals surface area contributed by atoms with Gasteiger partial charge in [-0.1, -0.05) is 11.6 Å². The number of hydrogen-bond acceptors (Lipinski definition) is 6. The number of halogens is 1. The van der Waals surface area contributed by atoms with Crippen LogP contribution in [0.5, 0.6) is 0 Å². The summed E-state index contributed by atoms with van der Waals surface area (Å²) in [6.45, 7) is 3.58. The summed E-state index contributed by atoms with van der Waals surface area (Å²) in [5, 5.41) is 10.3. The van der Waals surface area contributed by atoms with Gasteiger partial charge in [-0.3, -0.25) is 14.3 Å². The molecule has 0 bridgehead atoms. The molecule has 7 nitrogen and oxygen atoms in total. The normalized spacial score (nSPS) is 14.7. The summed E-state index contributed by atoms with van der Waals surface area (Å²) in [4.78, 5) is 25.4. The molecule has 0 radical (unpaired) electrons. The first-order valence-electron chi connectivity index (χ1n) is 8.87. The molecule has 1 fully saturated rings. The van der Waals surface area contributed by atoms with Crippen molar-refractivity contribution in [2.45, 2.75) is 6.54 Å². The van der Waals surface area contributed by atoms with Gasteiger partial charge in [-0.2, -0.15) is 0 Å². The minimum Gasteiger partial charge on any atom is -0.395 e. The lowest BCUT2D eigenvalue weighted by Gasteiger charge is -2.37. The van der Waals surface area contributed by atoms with E-state index in [1.807, 2.05) is 24.3 Å². The van der Waals surface area contributed by atoms with E-state index < -0.39 is 0 Å². The van der Waals surface area contributed by atoms with Gasteiger partial charge in [-0.05, 0) is 24.3 Å². The Balaban J connectivity index is 1.53. The standard InChI is InChI=1S/C19H20ClN5O2/c20-16-12-21-4-3-18(16)24-7-5-23(6-8-24)14-1-2-15-17(11-14)22-13-25(9-10-26)19(15)27/h1-4,11-13,26H,5-10H2. The van der Waals surface area contributed by atoms with Crippen molar-refractivity contribution in [1.82, 2.24) is 14.5 Å². The Morgan fingerprint density at radius 1 is 1.11 bits per heavy atom. The van der Waals surface area contributed by atoms with Crippen LogP contribution in [0.3, 0.4) is 0 Å². The fourth-order valence-electron chi connectivity index (χ4n) is 3.44. The van der Waals surface area contributed by atoms with Crippen LogP contribution in [0.25, 0.3) is 10.9 Å². The zero-order valence-electron chi connectivity index (χ0n) is 14.8. The fourth-order valence-corrected chi connectivity index (χ4v) is 3.68. The van der Waals surface area contributed by atoms with Gasteiger partial charge in [0, 0.05) is 44.3 Å². The number of rotatable bonds is 4. The maximum absolute atomic E-state index is 12.4. The van der Waals surface area contributed by atoms with Crippen molar-refractivity contribution in [2.24, 2.45) is 0 Å². The molecule has 8 heteroatoms. The molecular weight excluding hydrogens is 366 g/mol. The molecule has 3 heterocycles. The van der Waals surface area contributed by atoms with E-state index in [4.69, 9.17) is 16.7 Å². The maximum atomic E-state index is 12.4. The van der Waals surface area contributed by atoms with E-state index in [-0.39, 0.29) is 18.7 Å². The predicted molar refractivity (Wildman–Crippen MR) is 107 cm³/mol. The molecule has 1 saturated heterocycles. The summed E-state index contributed by atoms with van der Waals surface area (Å²) in [5.74, 6) is 0. The average molecular weight is 386 g/mol. The summed E-state index contributed by atoms with van der Waals surface area (Å²) >= 11 is 6.25. The van der Waals surface area contributed by atoms with Crippen molar-refractivity contribution in [2.75, 3.05) is 42.6 Å². The number of nitrogens with zero attached hydrogens (tertiary/aromatic N) is 5. The Morgan fingerprint density at radius 2 is 1.89 bits per heavy atom. The van der Waals surface area contributed by atoms with E-state index in [9.17, 15) is 4.79 Å². The Morgan fingerprint density at radius 3 is 2.63 bits per heavy atom. The van der Waals surface area contributed by atoms with Crippen LogP contribution in [0.15, 0.2) is 47.8 Å². The van der Waals surface area contributed by atoms with Crippen molar-refractivity contribution in [3.8, 4) is 0 Å². The smallest absolute Gasteiger partial charge is 0.261 e. The van der Waals surface area contributed by atoms with Crippen LogP contribution in [-0.4, -0.2) is 52.4 Å². The van der Waals surface area contributed by atoms with E-state index in [0.29, 0.717) is 15.9 Å². The van der Waals surface area contributed by atoms with Crippen molar-refractivity contribution in [3.63, 3.8) is 0 Å². The molecule has 3 aromatic rings. The predicted octanol–water partition coefficient (Wildman–Crippen LogP) is 1.76. The number of aromatic nitrogens is 3. The number of pyridine rings is 1. The Labute approximate surface area is 161 Å². The van der Waals surface area contributed by atoms with Crippen LogP contribution >= 0.6 is 11.6 Å². The van der Waals surface area contributed by atoms with E-state index in [1.165, 1.54) is 10.9 Å². The number of fused-ring (bicyclic) bond motifs is 1. The molecule has 0 spiro atoms. The highest BCUT2D eigenvalue weighted by molar-refractivity contribution is 6.33. The van der Waals surface area contributed by atoms with E-state index in [2.05, 4.69) is 19.8 Å². The molecule has 0 atom stereocenters. The minimum atomic E-state index is -0.127. The van der Waals surface area contributed by atoms with Gasteiger partial charge in [0.1, 0.15) is 0 Å². The molecule has 0 unspecified atom stereocenters. The van der Waals surface area contributed by atoms with Crippen LogP contribution in [0, 0.1) is 0 Å². The number of aliphatic hydroxyl groups excluding tert-OH is 1. The molecule has 1 N–H and O–H groups in total. The second-order valence-electron chi connectivity index (χ2n) is 6.47. The second-order valence-corrected chi connectivity index (χ2v) is 6.88. The molecule has 1 aromatic carbocycles. The van der Waals surface area contributed by atoms with E-state index >= 15 is 0 Å². The lowest BCUT2D eigenvalue weighted by atomic mass is 10.2. The summed E-state index contributed by atoms with van der Waals surface area (Å²) in [6, 6.07) is 7.67. The van der Waals surface area contributed by atoms with Crippen molar-refractivity contribution < 1.29 is 5.11 Å². The third-order valence-corrected chi connectivity index (χ3v) is 5.18. The third kappa shape index (κ3) is 3.48. The van der Waals surface area contributed by atoms with Gasteiger partial charge in [-0.15, -0.1) is 0 Å². The molecule has 0 amide bonds. The van der Waals surface area contributed by atoms with Gasteiger partial charge in [0.05, 0.1) is 41.1 Å². The zero-order chi connectivity index (χ0) is 18.8. The van der Waals surface area contributed by atoms with E-state index in [0.717, 1.165) is 37.6 Å². The topological polar surface area (TPSA) is 74.5 Å². The summed E-state index contributed by atoms with van der Waals surface area (Å²) < 4.78 is 1.43. The van der Waals surface area contributed by atoms with Crippen LogP contribution in [0.4, 0.5) is 11.4 Å². The number of anilines is 2. The molecule has 140 valence electrons. The summed E-state index contributed by atoms with van der Waals surface area (Å²) in [5.41, 5.74) is 2.61. The molecule has 27 heavy (non-hydrogen) atoms. The second kappa shape index (κ2) is 7.54.